The summed E-state index contributed by atoms with van der Waals surface area (Å²) in [5, 5.41) is 17.2. The minimum Gasteiger partial charge on any atom is -0.480 e. The van der Waals surface area contributed by atoms with Gasteiger partial charge in [0.2, 0.25) is 0 Å². The number of rotatable bonds is 34. The molecule has 2 unspecified atom stereocenters. The molecule has 0 aromatic heterocycles. The molecule has 0 spiro atoms. The van der Waals surface area contributed by atoms with E-state index in [9.17, 15) is 14.0 Å². The van der Waals surface area contributed by atoms with Crippen LogP contribution in [0.25, 0.3) is 0 Å². The molecule has 0 fully saturated rings. The molecule has 264 valence electrons. The molecule has 0 aliphatic heterocycles. The lowest BCUT2D eigenvalue weighted by molar-refractivity contribution is -0.143. The summed E-state index contributed by atoms with van der Waals surface area (Å²) in [6.45, 7) is 4.53. The highest BCUT2D eigenvalue weighted by Crippen LogP contribution is 2.17. The van der Waals surface area contributed by atoms with Crippen LogP contribution in [0, 0.1) is 0 Å². The first-order valence-electron chi connectivity index (χ1n) is 19.1. The summed E-state index contributed by atoms with van der Waals surface area (Å²) >= 11 is 2.02. The predicted octanol–water partition coefficient (Wildman–Crippen LogP) is 13.8. The number of halogens is 2. The highest BCUT2D eigenvalue weighted by atomic mass is 127. The number of carbonyl (C=O) groups is 2. The maximum Gasteiger partial charge on any atom is 0.338 e. The zero-order valence-corrected chi connectivity index (χ0v) is 31.4. The molecular weight excluding hydrogens is 666 g/mol. The summed E-state index contributed by atoms with van der Waals surface area (Å²) in [5.41, 5.74) is 0. The summed E-state index contributed by atoms with van der Waals surface area (Å²) in [6.07, 6.45) is 38.7. The van der Waals surface area contributed by atoms with Crippen LogP contribution in [0.2, 0.25) is 0 Å². The Morgan fingerprint density at radius 1 is 0.432 bits per heavy atom. The van der Waals surface area contributed by atoms with Gasteiger partial charge < -0.3 is 10.2 Å². The number of carboxylic acids is 2. The van der Waals surface area contributed by atoms with Crippen molar-refractivity contribution in [3.05, 3.63) is 0 Å². The zero-order chi connectivity index (χ0) is 32.9. The Bertz CT molecular complexity index is 589. The molecule has 0 saturated carbocycles. The maximum atomic E-state index is 12.8. The van der Waals surface area contributed by atoms with E-state index >= 15 is 0 Å². The molecule has 0 heterocycles. The second kappa shape index (κ2) is 38.8. The maximum absolute atomic E-state index is 12.8. The van der Waals surface area contributed by atoms with Crippen LogP contribution in [0.15, 0.2) is 0 Å². The van der Waals surface area contributed by atoms with Gasteiger partial charge in [-0.2, -0.15) is 0 Å². The number of carboxylic acid groups (broad SMARTS) is 2. The average molecular weight is 741 g/mol. The Morgan fingerprint density at radius 2 is 0.659 bits per heavy atom. The number of hydrogen-bond donors (Lipinski definition) is 2. The first kappa shape index (κ1) is 45.7. The Morgan fingerprint density at radius 3 is 0.886 bits per heavy atom. The van der Waals surface area contributed by atoms with Crippen molar-refractivity contribution in [2.75, 3.05) is 0 Å². The topological polar surface area (TPSA) is 74.6 Å². The van der Waals surface area contributed by atoms with Gasteiger partial charge in [0.25, 0.3) is 0 Å². The lowest BCUT2D eigenvalue weighted by Crippen LogP contribution is -2.13. The quantitative estimate of drug-likeness (QED) is 0.0391. The van der Waals surface area contributed by atoms with E-state index in [4.69, 9.17) is 10.2 Å². The molecule has 6 heteroatoms. The van der Waals surface area contributed by atoms with Gasteiger partial charge >= 0.3 is 11.9 Å². The van der Waals surface area contributed by atoms with Crippen LogP contribution in [0.3, 0.4) is 0 Å². The molecule has 0 aromatic rings. The molecule has 4 nitrogen and oxygen atoms in total. The SMILES string of the molecule is CCCCCCCCCCCCCCC(I)C(=O)O.CCCCCCCCCCCCCCCCCCCCC(F)C(=O)O. The van der Waals surface area contributed by atoms with Crippen molar-refractivity contribution < 1.29 is 24.2 Å². The smallest absolute Gasteiger partial charge is 0.338 e. The fourth-order valence-electron chi connectivity index (χ4n) is 5.64. The lowest BCUT2D eigenvalue weighted by Gasteiger charge is -2.04. The number of alkyl halides is 2. The first-order valence-corrected chi connectivity index (χ1v) is 20.3. The van der Waals surface area contributed by atoms with Gasteiger partial charge in [-0.1, -0.05) is 223 Å². The summed E-state index contributed by atoms with van der Waals surface area (Å²) in [6, 6.07) is 0. The van der Waals surface area contributed by atoms with E-state index in [-0.39, 0.29) is 10.3 Å². The third kappa shape index (κ3) is 39.6. The fraction of sp³-hybridized carbons (Fsp3) is 0.947. The molecule has 0 rings (SSSR count). The summed E-state index contributed by atoms with van der Waals surface area (Å²) < 4.78 is 12.6. The largest absolute Gasteiger partial charge is 0.480 e. The summed E-state index contributed by atoms with van der Waals surface area (Å²) in [4.78, 5) is 21.0. The summed E-state index contributed by atoms with van der Waals surface area (Å²) in [7, 11) is 0. The van der Waals surface area contributed by atoms with E-state index in [1.165, 1.54) is 167 Å². The minimum atomic E-state index is -1.67. The molecule has 0 bridgehead atoms. The van der Waals surface area contributed by atoms with Crippen molar-refractivity contribution in [2.45, 2.75) is 229 Å². The van der Waals surface area contributed by atoms with Crippen molar-refractivity contribution in [1.29, 1.82) is 0 Å². The van der Waals surface area contributed by atoms with Gasteiger partial charge in [-0.05, 0) is 19.3 Å². The van der Waals surface area contributed by atoms with Crippen LogP contribution >= 0.6 is 22.6 Å². The molecule has 0 radical (unpaired) electrons. The van der Waals surface area contributed by atoms with Gasteiger partial charge in [-0.25, -0.2) is 9.18 Å². The Kier molecular flexibility index (Phi) is 40.3. The normalized spacial score (nSPS) is 12.5. The molecule has 0 saturated heterocycles. The van der Waals surface area contributed by atoms with Gasteiger partial charge in [-0.3, -0.25) is 4.79 Å². The third-order valence-corrected chi connectivity index (χ3v) is 9.81. The molecule has 2 N–H and O–H groups in total. The van der Waals surface area contributed by atoms with Crippen molar-refractivity contribution in [1.82, 2.24) is 0 Å². The van der Waals surface area contributed by atoms with Gasteiger partial charge in [0.1, 0.15) is 3.92 Å². The van der Waals surface area contributed by atoms with Gasteiger partial charge in [0.15, 0.2) is 6.17 Å². The van der Waals surface area contributed by atoms with Crippen LogP contribution in [0.4, 0.5) is 4.39 Å². The monoisotopic (exact) mass is 740 g/mol. The predicted molar refractivity (Wildman–Crippen MR) is 197 cm³/mol. The van der Waals surface area contributed by atoms with Crippen LogP contribution in [-0.4, -0.2) is 32.2 Å². The first-order chi connectivity index (χ1) is 21.4. The number of aliphatic carboxylic acids is 2. The second-order valence-electron chi connectivity index (χ2n) is 13.1. The van der Waals surface area contributed by atoms with Gasteiger partial charge in [0.05, 0.1) is 0 Å². The lowest BCUT2D eigenvalue weighted by atomic mass is 10.0. The zero-order valence-electron chi connectivity index (χ0n) is 29.2. The highest BCUT2D eigenvalue weighted by Gasteiger charge is 2.14. The Balaban J connectivity index is 0. The molecule has 44 heavy (non-hydrogen) atoms. The van der Waals surface area contributed by atoms with E-state index < -0.39 is 18.1 Å². The highest BCUT2D eigenvalue weighted by molar-refractivity contribution is 14.1. The van der Waals surface area contributed by atoms with E-state index in [1.54, 1.807) is 0 Å². The van der Waals surface area contributed by atoms with Crippen LogP contribution in [-0.2, 0) is 9.59 Å². The third-order valence-electron chi connectivity index (χ3n) is 8.66. The van der Waals surface area contributed by atoms with Crippen molar-refractivity contribution in [3.63, 3.8) is 0 Å². The molecule has 0 aliphatic rings. The number of hydrogen-bond acceptors (Lipinski definition) is 2. The van der Waals surface area contributed by atoms with E-state index in [2.05, 4.69) is 13.8 Å². The standard InChI is InChI=1S/C22H43FO2.C16H31IO2/c1-2-3-4-5-6-7-8-9-10-11-12-13-14-15-16-17-18-19-20-21(23)22(24)25;1-2-3-4-5-6-7-8-9-10-11-12-13-14-15(17)16(18)19/h21H,2-20H2,1H3,(H,24,25);15H,2-14H2,1H3,(H,18,19). The van der Waals surface area contributed by atoms with Crippen LogP contribution in [0.5, 0.6) is 0 Å². The van der Waals surface area contributed by atoms with E-state index in [1.807, 2.05) is 22.6 Å². The van der Waals surface area contributed by atoms with E-state index in [0.717, 1.165) is 25.7 Å². The van der Waals surface area contributed by atoms with Gasteiger partial charge in [0, 0.05) is 0 Å². The molecular formula is C38H74FIO4. The van der Waals surface area contributed by atoms with Crippen LogP contribution < -0.4 is 0 Å². The van der Waals surface area contributed by atoms with Crippen LogP contribution in [0.1, 0.15) is 219 Å². The van der Waals surface area contributed by atoms with E-state index in [0.29, 0.717) is 6.42 Å². The summed E-state index contributed by atoms with van der Waals surface area (Å²) in [5.74, 6) is -1.98. The molecule has 0 aromatic carbocycles. The Hall–Kier alpha value is -0.400. The van der Waals surface area contributed by atoms with Crippen molar-refractivity contribution >= 4 is 34.5 Å². The molecule has 0 amide bonds. The minimum absolute atomic E-state index is 0.175. The second-order valence-corrected chi connectivity index (χ2v) is 14.6. The molecule has 2 atom stereocenters. The van der Waals surface area contributed by atoms with Crippen molar-refractivity contribution in [3.8, 4) is 0 Å². The Labute approximate surface area is 287 Å². The fourth-order valence-corrected chi connectivity index (χ4v) is 6.08. The molecule has 0 aliphatic carbocycles. The van der Waals surface area contributed by atoms with Gasteiger partial charge in [-0.15, -0.1) is 0 Å². The van der Waals surface area contributed by atoms with Crippen molar-refractivity contribution in [2.24, 2.45) is 0 Å². The average Bonchev–Trinajstić information content (AvgIpc) is 3.01. The number of unbranched alkanes of at least 4 members (excludes halogenated alkanes) is 28.